The van der Waals surface area contributed by atoms with E-state index < -0.39 is 29.5 Å². The summed E-state index contributed by atoms with van der Waals surface area (Å²) in [6, 6.07) is 3.43. The number of amides is 2. The van der Waals surface area contributed by atoms with Crippen LogP contribution in [-0.4, -0.2) is 71.9 Å². The molecule has 2 aromatic rings. The fourth-order valence-electron chi connectivity index (χ4n) is 4.46. The Hall–Kier alpha value is -2.53. The van der Waals surface area contributed by atoms with Gasteiger partial charge in [0.2, 0.25) is 5.91 Å². The summed E-state index contributed by atoms with van der Waals surface area (Å²) in [6.45, 7) is 8.61. The Bertz CT molecular complexity index is 1130. The average Bonchev–Trinajstić information content (AvgIpc) is 3.41. The molecule has 2 aliphatic heterocycles. The maximum atomic E-state index is 14.8. The lowest BCUT2D eigenvalue weighted by Crippen LogP contribution is -2.54. The van der Waals surface area contributed by atoms with Gasteiger partial charge in [0.25, 0.3) is 5.91 Å². The van der Waals surface area contributed by atoms with Gasteiger partial charge in [0.15, 0.2) is 12.0 Å². The zero-order chi connectivity index (χ0) is 26.0. The van der Waals surface area contributed by atoms with Crippen molar-refractivity contribution in [3.8, 4) is 11.4 Å². The van der Waals surface area contributed by atoms with Gasteiger partial charge in [-0.05, 0) is 43.6 Å². The summed E-state index contributed by atoms with van der Waals surface area (Å²) in [7, 11) is 1.96. The Balaban J connectivity index is 1.65. The summed E-state index contributed by atoms with van der Waals surface area (Å²) in [4.78, 5) is 33.4. The van der Waals surface area contributed by atoms with Gasteiger partial charge in [-0.1, -0.05) is 32.4 Å². The van der Waals surface area contributed by atoms with E-state index in [9.17, 15) is 14.0 Å². The fourth-order valence-corrected chi connectivity index (χ4v) is 4.64. The highest BCUT2D eigenvalue weighted by Gasteiger charge is 2.36. The number of carbonyl (C=O) groups is 2. The predicted molar refractivity (Wildman–Crippen MR) is 133 cm³/mol. The van der Waals surface area contributed by atoms with E-state index in [0.717, 1.165) is 13.0 Å². The SMILES string of the molecule is CN1CCCn2c(-c3cc(Cl)ccc3F)nc(C(=O)N[C@H](C(=O)NCC3OCCO3)C(C)(C)C)c2C1. The number of nitrogens with one attached hydrogen (secondary N) is 2. The second kappa shape index (κ2) is 10.8. The van der Waals surface area contributed by atoms with E-state index in [2.05, 4.69) is 20.5 Å². The van der Waals surface area contributed by atoms with Crippen molar-refractivity contribution in [1.82, 2.24) is 25.1 Å². The van der Waals surface area contributed by atoms with Crippen molar-refractivity contribution in [2.45, 2.75) is 52.6 Å². The molecule has 0 saturated carbocycles. The van der Waals surface area contributed by atoms with E-state index >= 15 is 0 Å². The number of benzene rings is 1. The molecule has 3 heterocycles. The molecule has 0 bridgehead atoms. The van der Waals surface area contributed by atoms with E-state index in [1.54, 1.807) is 0 Å². The van der Waals surface area contributed by atoms with Crippen LogP contribution in [0.2, 0.25) is 5.02 Å². The van der Waals surface area contributed by atoms with E-state index in [0.29, 0.717) is 42.8 Å². The Morgan fingerprint density at radius 2 is 1.97 bits per heavy atom. The number of hydrogen-bond donors (Lipinski definition) is 2. The molecule has 1 aromatic heterocycles. The maximum Gasteiger partial charge on any atom is 0.272 e. The molecule has 11 heteroatoms. The number of hydrogen-bond acceptors (Lipinski definition) is 6. The van der Waals surface area contributed by atoms with Gasteiger partial charge in [0.05, 0.1) is 31.0 Å². The lowest BCUT2D eigenvalue weighted by atomic mass is 9.86. The van der Waals surface area contributed by atoms with Crippen LogP contribution in [0, 0.1) is 11.2 Å². The van der Waals surface area contributed by atoms with Crippen molar-refractivity contribution < 1.29 is 23.5 Å². The first-order chi connectivity index (χ1) is 17.0. The van der Waals surface area contributed by atoms with Crippen LogP contribution < -0.4 is 10.6 Å². The molecule has 0 spiro atoms. The van der Waals surface area contributed by atoms with Crippen molar-refractivity contribution in [2.75, 3.05) is 33.4 Å². The number of carbonyl (C=O) groups excluding carboxylic acids is 2. The smallest absolute Gasteiger partial charge is 0.272 e. The molecule has 0 radical (unpaired) electrons. The minimum Gasteiger partial charge on any atom is -0.349 e. The summed E-state index contributed by atoms with van der Waals surface area (Å²) in [5.74, 6) is -0.970. The van der Waals surface area contributed by atoms with Crippen molar-refractivity contribution in [1.29, 1.82) is 0 Å². The van der Waals surface area contributed by atoms with Gasteiger partial charge in [-0.25, -0.2) is 9.37 Å². The van der Waals surface area contributed by atoms with E-state index in [1.807, 2.05) is 32.4 Å². The number of fused-ring (bicyclic) bond motifs is 1. The number of nitrogens with zero attached hydrogens (tertiary/aromatic N) is 3. The predicted octanol–water partition coefficient (Wildman–Crippen LogP) is 2.81. The van der Waals surface area contributed by atoms with Crippen LogP contribution in [0.25, 0.3) is 11.4 Å². The summed E-state index contributed by atoms with van der Waals surface area (Å²) >= 11 is 6.15. The number of aromatic nitrogens is 2. The Labute approximate surface area is 215 Å². The molecule has 1 fully saturated rings. The monoisotopic (exact) mass is 521 g/mol. The Morgan fingerprint density at radius 3 is 2.67 bits per heavy atom. The summed E-state index contributed by atoms with van der Waals surface area (Å²) in [5.41, 5.74) is 0.478. The number of imidazole rings is 1. The first-order valence-corrected chi connectivity index (χ1v) is 12.5. The second-order valence-electron chi connectivity index (χ2n) is 10.3. The largest absolute Gasteiger partial charge is 0.349 e. The second-order valence-corrected chi connectivity index (χ2v) is 10.7. The first kappa shape index (κ1) is 26.5. The average molecular weight is 522 g/mol. The zero-order valence-corrected chi connectivity index (χ0v) is 21.8. The molecule has 0 aliphatic carbocycles. The van der Waals surface area contributed by atoms with Crippen molar-refractivity contribution >= 4 is 23.4 Å². The van der Waals surface area contributed by atoms with Crippen LogP contribution >= 0.6 is 11.6 Å². The van der Waals surface area contributed by atoms with Gasteiger partial charge in [0, 0.05) is 18.1 Å². The van der Waals surface area contributed by atoms with Crippen LogP contribution in [0.1, 0.15) is 43.4 Å². The van der Waals surface area contributed by atoms with Crippen LogP contribution in [0.4, 0.5) is 4.39 Å². The van der Waals surface area contributed by atoms with Gasteiger partial charge >= 0.3 is 0 Å². The standard InChI is InChI=1S/C25H33ClFN5O4/c1-25(2,3)21(24(34)28-13-19-35-10-11-36-19)30-23(33)20-18-14-31(4)8-5-9-32(18)22(29-20)16-12-15(26)6-7-17(16)27/h6-7,12,19,21H,5,8-11,13-14H2,1-4H3,(H,28,34)(H,30,33)/t21-/m1/s1. The third kappa shape index (κ3) is 5.88. The molecular weight excluding hydrogens is 489 g/mol. The Kier molecular flexibility index (Phi) is 7.99. The van der Waals surface area contributed by atoms with Crippen LogP contribution in [-0.2, 0) is 27.4 Å². The van der Waals surface area contributed by atoms with E-state index in [-0.39, 0.29) is 23.7 Å². The van der Waals surface area contributed by atoms with Gasteiger partial charge in [0.1, 0.15) is 17.7 Å². The summed E-state index contributed by atoms with van der Waals surface area (Å²) in [5, 5.41) is 6.06. The topological polar surface area (TPSA) is 97.7 Å². The molecule has 2 amide bonds. The molecule has 4 rings (SSSR count). The molecular formula is C25H33ClFN5O4. The molecule has 196 valence electrons. The van der Waals surface area contributed by atoms with Crippen molar-refractivity contribution in [2.24, 2.45) is 5.41 Å². The minimum absolute atomic E-state index is 0.169. The maximum absolute atomic E-state index is 14.8. The lowest BCUT2D eigenvalue weighted by Gasteiger charge is -2.30. The highest BCUT2D eigenvalue weighted by molar-refractivity contribution is 6.30. The molecule has 0 unspecified atom stereocenters. The molecule has 2 N–H and O–H groups in total. The molecule has 1 saturated heterocycles. The quantitative estimate of drug-likeness (QED) is 0.606. The molecule has 1 aromatic carbocycles. The van der Waals surface area contributed by atoms with Gasteiger partial charge in [-0.2, -0.15) is 0 Å². The van der Waals surface area contributed by atoms with Crippen molar-refractivity contribution in [3.63, 3.8) is 0 Å². The van der Waals surface area contributed by atoms with Gasteiger partial charge < -0.3 is 29.6 Å². The zero-order valence-electron chi connectivity index (χ0n) is 21.1. The van der Waals surface area contributed by atoms with Gasteiger partial charge in [-0.15, -0.1) is 0 Å². The first-order valence-electron chi connectivity index (χ1n) is 12.1. The molecule has 2 aliphatic rings. The summed E-state index contributed by atoms with van der Waals surface area (Å²) < 4.78 is 27.5. The summed E-state index contributed by atoms with van der Waals surface area (Å²) in [6.07, 6.45) is 0.314. The fraction of sp³-hybridized carbons (Fsp3) is 0.560. The van der Waals surface area contributed by atoms with Crippen LogP contribution in [0.15, 0.2) is 18.2 Å². The van der Waals surface area contributed by atoms with Crippen LogP contribution in [0.3, 0.4) is 0 Å². The van der Waals surface area contributed by atoms with Crippen molar-refractivity contribution in [3.05, 3.63) is 40.4 Å². The van der Waals surface area contributed by atoms with E-state index in [1.165, 1.54) is 18.2 Å². The third-order valence-electron chi connectivity index (χ3n) is 6.34. The lowest BCUT2D eigenvalue weighted by molar-refractivity contribution is -0.127. The molecule has 9 nitrogen and oxygen atoms in total. The normalized spacial score (nSPS) is 17.9. The van der Waals surface area contributed by atoms with Gasteiger partial charge in [-0.3, -0.25) is 9.59 Å². The Morgan fingerprint density at radius 1 is 1.25 bits per heavy atom. The van der Waals surface area contributed by atoms with Crippen LogP contribution in [0.5, 0.6) is 0 Å². The minimum atomic E-state index is -0.849. The van der Waals surface area contributed by atoms with E-state index in [4.69, 9.17) is 21.1 Å². The number of rotatable bonds is 6. The third-order valence-corrected chi connectivity index (χ3v) is 6.57. The number of halogens is 2. The number of ether oxygens (including phenoxy) is 2. The molecule has 36 heavy (non-hydrogen) atoms. The highest BCUT2D eigenvalue weighted by Crippen LogP contribution is 2.30. The highest BCUT2D eigenvalue weighted by atomic mass is 35.5. The molecule has 1 atom stereocenters.